The first kappa shape index (κ1) is 17.8. The average molecular weight is 329 g/mol. The molecule has 0 radical (unpaired) electrons. The number of urea groups is 1. The van der Waals surface area contributed by atoms with Crippen molar-refractivity contribution in [3.05, 3.63) is 30.3 Å². The minimum atomic E-state index is -0.290. The van der Waals surface area contributed by atoms with Gasteiger partial charge in [0.05, 0.1) is 5.54 Å². The standard InChI is InChI=1S/C18H27N5O/c1-12(2)11-20-17(24)21-15-14(13-9-7-6-8-10-13)22-23(16(15)19)18(3,4)5/h6-10,12H,11,19H2,1-5H3,(H2,20,21,24). The molecular weight excluding hydrogens is 302 g/mol. The normalized spacial score (nSPS) is 11.6. The third kappa shape index (κ3) is 4.07. The molecule has 0 aliphatic heterocycles. The number of rotatable bonds is 4. The van der Waals surface area contributed by atoms with Gasteiger partial charge in [-0.1, -0.05) is 44.2 Å². The zero-order valence-electron chi connectivity index (χ0n) is 15.1. The van der Waals surface area contributed by atoms with Crippen LogP contribution in [-0.2, 0) is 5.54 Å². The van der Waals surface area contributed by atoms with E-state index in [0.29, 0.717) is 29.7 Å². The lowest BCUT2D eigenvalue weighted by Gasteiger charge is -2.20. The highest BCUT2D eigenvalue weighted by Crippen LogP contribution is 2.35. The van der Waals surface area contributed by atoms with Gasteiger partial charge < -0.3 is 16.4 Å². The van der Waals surface area contributed by atoms with Crippen molar-refractivity contribution < 1.29 is 4.79 Å². The topological polar surface area (TPSA) is 85.0 Å². The predicted octanol–water partition coefficient (Wildman–Crippen LogP) is 3.66. The first-order valence-corrected chi connectivity index (χ1v) is 8.19. The summed E-state index contributed by atoms with van der Waals surface area (Å²) in [6.45, 7) is 10.7. The van der Waals surface area contributed by atoms with Crippen molar-refractivity contribution in [2.75, 3.05) is 17.6 Å². The van der Waals surface area contributed by atoms with Crippen molar-refractivity contribution in [3.63, 3.8) is 0 Å². The second-order valence-corrected chi connectivity index (χ2v) is 7.29. The van der Waals surface area contributed by atoms with Crippen LogP contribution in [0.25, 0.3) is 11.3 Å². The van der Waals surface area contributed by atoms with Gasteiger partial charge >= 0.3 is 6.03 Å². The van der Waals surface area contributed by atoms with E-state index in [-0.39, 0.29) is 11.6 Å². The summed E-state index contributed by atoms with van der Waals surface area (Å²) in [5.74, 6) is 0.819. The quantitative estimate of drug-likeness (QED) is 0.800. The van der Waals surface area contributed by atoms with E-state index in [9.17, 15) is 4.79 Å². The van der Waals surface area contributed by atoms with Crippen LogP contribution in [-0.4, -0.2) is 22.4 Å². The Morgan fingerprint density at radius 2 is 1.88 bits per heavy atom. The van der Waals surface area contributed by atoms with Gasteiger partial charge in [0.25, 0.3) is 0 Å². The minimum Gasteiger partial charge on any atom is -0.382 e. The monoisotopic (exact) mass is 329 g/mol. The van der Waals surface area contributed by atoms with Gasteiger partial charge in [-0.25, -0.2) is 9.48 Å². The Hall–Kier alpha value is -2.50. The number of nitrogens with zero attached hydrogens (tertiary/aromatic N) is 2. The molecule has 0 aliphatic carbocycles. The van der Waals surface area contributed by atoms with Gasteiger partial charge in [0.2, 0.25) is 0 Å². The van der Waals surface area contributed by atoms with Crippen molar-refractivity contribution in [1.29, 1.82) is 0 Å². The number of nitrogens with two attached hydrogens (primary N) is 1. The fourth-order valence-corrected chi connectivity index (χ4v) is 2.32. The Morgan fingerprint density at radius 1 is 1.25 bits per heavy atom. The summed E-state index contributed by atoms with van der Waals surface area (Å²) in [5.41, 5.74) is 8.12. The second kappa shape index (κ2) is 6.95. The average Bonchev–Trinajstić information content (AvgIpc) is 2.83. The lowest BCUT2D eigenvalue weighted by Crippen LogP contribution is -2.32. The number of anilines is 2. The summed E-state index contributed by atoms with van der Waals surface area (Å²) >= 11 is 0. The molecule has 0 saturated heterocycles. The number of hydrogen-bond acceptors (Lipinski definition) is 3. The predicted molar refractivity (Wildman–Crippen MR) is 98.9 cm³/mol. The van der Waals surface area contributed by atoms with Crippen LogP contribution in [0.4, 0.5) is 16.3 Å². The van der Waals surface area contributed by atoms with Crippen molar-refractivity contribution in [1.82, 2.24) is 15.1 Å². The van der Waals surface area contributed by atoms with E-state index < -0.39 is 0 Å². The summed E-state index contributed by atoms with van der Waals surface area (Å²) in [5, 5.41) is 10.4. The molecule has 0 atom stereocenters. The smallest absolute Gasteiger partial charge is 0.319 e. The van der Waals surface area contributed by atoms with Crippen LogP contribution in [0, 0.1) is 5.92 Å². The molecule has 1 aromatic heterocycles. The SMILES string of the molecule is CC(C)CNC(=O)Nc1c(-c2ccccc2)nn(C(C)(C)C)c1N. The fraction of sp³-hybridized carbons (Fsp3) is 0.444. The van der Waals surface area contributed by atoms with E-state index in [0.717, 1.165) is 5.56 Å². The number of amides is 2. The number of carbonyl (C=O) groups is 1. The van der Waals surface area contributed by atoms with E-state index in [1.54, 1.807) is 4.68 Å². The first-order valence-electron chi connectivity index (χ1n) is 8.19. The van der Waals surface area contributed by atoms with Crippen LogP contribution < -0.4 is 16.4 Å². The number of hydrogen-bond donors (Lipinski definition) is 3. The van der Waals surface area contributed by atoms with Gasteiger partial charge in [-0.05, 0) is 26.7 Å². The molecule has 0 aliphatic rings. The summed E-state index contributed by atoms with van der Waals surface area (Å²) in [7, 11) is 0. The summed E-state index contributed by atoms with van der Waals surface area (Å²) < 4.78 is 1.74. The number of benzene rings is 1. The number of aromatic nitrogens is 2. The first-order chi connectivity index (χ1) is 11.2. The van der Waals surface area contributed by atoms with Gasteiger partial charge in [0.15, 0.2) is 0 Å². The lowest BCUT2D eigenvalue weighted by atomic mass is 10.1. The van der Waals surface area contributed by atoms with Gasteiger partial charge in [0, 0.05) is 12.1 Å². The molecule has 130 valence electrons. The third-order valence-electron chi connectivity index (χ3n) is 3.51. The highest BCUT2D eigenvalue weighted by atomic mass is 16.2. The third-order valence-corrected chi connectivity index (χ3v) is 3.51. The van der Waals surface area contributed by atoms with E-state index >= 15 is 0 Å². The van der Waals surface area contributed by atoms with E-state index in [4.69, 9.17) is 5.73 Å². The van der Waals surface area contributed by atoms with Crippen LogP contribution in [0.15, 0.2) is 30.3 Å². The molecule has 4 N–H and O–H groups in total. The molecular formula is C18H27N5O. The van der Waals surface area contributed by atoms with Crippen LogP contribution in [0.1, 0.15) is 34.6 Å². The number of nitrogen functional groups attached to an aromatic ring is 1. The highest BCUT2D eigenvalue weighted by Gasteiger charge is 2.25. The largest absolute Gasteiger partial charge is 0.382 e. The molecule has 6 heteroatoms. The maximum Gasteiger partial charge on any atom is 0.319 e. The summed E-state index contributed by atoms with van der Waals surface area (Å²) in [6, 6.07) is 9.43. The molecule has 0 saturated carbocycles. The van der Waals surface area contributed by atoms with Crippen LogP contribution in [0.3, 0.4) is 0 Å². The molecule has 6 nitrogen and oxygen atoms in total. The van der Waals surface area contributed by atoms with Crippen molar-refractivity contribution in [2.45, 2.75) is 40.2 Å². The van der Waals surface area contributed by atoms with Gasteiger partial charge in [-0.15, -0.1) is 0 Å². The van der Waals surface area contributed by atoms with Crippen molar-refractivity contribution in [3.8, 4) is 11.3 Å². The minimum absolute atomic E-state index is 0.277. The summed E-state index contributed by atoms with van der Waals surface area (Å²) in [4.78, 5) is 12.2. The Bertz CT molecular complexity index is 698. The lowest BCUT2D eigenvalue weighted by molar-refractivity contribution is 0.251. The van der Waals surface area contributed by atoms with E-state index in [1.165, 1.54) is 0 Å². The molecule has 0 spiro atoms. The Labute approximate surface area is 143 Å². The van der Waals surface area contributed by atoms with Gasteiger partial charge in [-0.3, -0.25) is 0 Å². The molecule has 2 amide bonds. The maximum absolute atomic E-state index is 12.2. The molecule has 1 heterocycles. The zero-order valence-corrected chi connectivity index (χ0v) is 15.1. The Kier molecular flexibility index (Phi) is 5.17. The van der Waals surface area contributed by atoms with E-state index in [1.807, 2.05) is 65.0 Å². The van der Waals surface area contributed by atoms with Crippen LogP contribution in [0.2, 0.25) is 0 Å². The maximum atomic E-state index is 12.2. The zero-order chi connectivity index (χ0) is 17.9. The molecule has 24 heavy (non-hydrogen) atoms. The molecule has 0 unspecified atom stereocenters. The second-order valence-electron chi connectivity index (χ2n) is 7.29. The number of nitrogens with one attached hydrogen (secondary N) is 2. The number of carbonyl (C=O) groups excluding carboxylic acids is 1. The molecule has 2 rings (SSSR count). The Morgan fingerprint density at radius 3 is 2.42 bits per heavy atom. The van der Waals surface area contributed by atoms with Gasteiger partial charge in [0.1, 0.15) is 17.2 Å². The van der Waals surface area contributed by atoms with Gasteiger partial charge in [-0.2, -0.15) is 5.10 Å². The highest BCUT2D eigenvalue weighted by molar-refractivity contribution is 5.97. The molecule has 0 bridgehead atoms. The van der Waals surface area contributed by atoms with Crippen molar-refractivity contribution in [2.24, 2.45) is 5.92 Å². The summed E-state index contributed by atoms with van der Waals surface area (Å²) in [6.07, 6.45) is 0. The van der Waals surface area contributed by atoms with E-state index in [2.05, 4.69) is 15.7 Å². The Balaban J connectivity index is 2.41. The molecule has 2 aromatic rings. The molecule has 0 fully saturated rings. The fourth-order valence-electron chi connectivity index (χ4n) is 2.32. The van der Waals surface area contributed by atoms with Crippen molar-refractivity contribution >= 4 is 17.5 Å². The molecule has 1 aromatic carbocycles. The van der Waals surface area contributed by atoms with Crippen LogP contribution in [0.5, 0.6) is 0 Å². The van der Waals surface area contributed by atoms with Crippen LogP contribution >= 0.6 is 0 Å².